The lowest BCUT2D eigenvalue weighted by atomic mass is 9.69. The predicted molar refractivity (Wildman–Crippen MR) is 108 cm³/mol. The van der Waals surface area contributed by atoms with Gasteiger partial charge in [0.15, 0.2) is 0 Å². The minimum Gasteiger partial charge on any atom is -0.394 e. The molecule has 146 valence electrons. The average molecular weight is 379 g/mol. The molecule has 3 N–H and O–H groups in total. The number of piperidine rings is 1. The molecule has 5 rings (SSSR count). The van der Waals surface area contributed by atoms with Crippen LogP contribution in [0.5, 0.6) is 0 Å². The molecule has 3 aliphatic heterocycles. The number of carbonyl (C=O) groups is 1. The number of nitrogens with zero attached hydrogens (tertiary/aromatic N) is 3. The lowest BCUT2D eigenvalue weighted by Gasteiger charge is -2.61. The molecule has 2 atom stereocenters. The maximum Gasteiger partial charge on any atom is 0.322 e. The first-order valence-corrected chi connectivity index (χ1v) is 9.90. The summed E-state index contributed by atoms with van der Waals surface area (Å²) in [6.45, 7) is 2.70. The molecule has 2 unspecified atom stereocenters. The Kier molecular flexibility index (Phi) is 3.94. The fourth-order valence-electron chi connectivity index (χ4n) is 4.87. The van der Waals surface area contributed by atoms with Crippen LogP contribution in [0.1, 0.15) is 42.5 Å². The molecule has 2 bridgehead atoms. The first-order valence-electron chi connectivity index (χ1n) is 9.90. The van der Waals surface area contributed by atoms with E-state index in [-0.39, 0.29) is 24.2 Å². The van der Waals surface area contributed by atoms with Crippen molar-refractivity contribution in [1.82, 2.24) is 9.58 Å². The van der Waals surface area contributed by atoms with Crippen molar-refractivity contribution in [2.24, 2.45) is 4.99 Å². The van der Waals surface area contributed by atoms with Crippen LogP contribution in [0.3, 0.4) is 0 Å². The summed E-state index contributed by atoms with van der Waals surface area (Å²) in [5.74, 6) is 0.796. The van der Waals surface area contributed by atoms with Crippen molar-refractivity contribution in [2.75, 3.05) is 17.3 Å². The summed E-state index contributed by atoms with van der Waals surface area (Å²) in [6.07, 6.45) is 5.87. The van der Waals surface area contributed by atoms with Gasteiger partial charge in [-0.15, -0.1) is 0 Å². The van der Waals surface area contributed by atoms with Gasteiger partial charge in [-0.25, -0.2) is 4.79 Å². The highest BCUT2D eigenvalue weighted by Crippen LogP contribution is 2.47. The third-order valence-corrected chi connectivity index (χ3v) is 6.39. The van der Waals surface area contributed by atoms with Gasteiger partial charge >= 0.3 is 6.03 Å². The molecular formula is C21H25N5O2. The highest BCUT2D eigenvalue weighted by atomic mass is 16.3. The molecule has 7 nitrogen and oxygen atoms in total. The number of nitrogens with one attached hydrogen (secondary N) is 2. The molecule has 2 amide bonds. The Morgan fingerprint density at radius 2 is 2.32 bits per heavy atom. The van der Waals surface area contributed by atoms with Gasteiger partial charge in [-0.2, -0.15) is 0 Å². The monoisotopic (exact) mass is 379 g/mol. The van der Waals surface area contributed by atoms with Gasteiger partial charge in [0.1, 0.15) is 5.84 Å². The molecule has 1 aromatic heterocycles. The van der Waals surface area contributed by atoms with Gasteiger partial charge < -0.3 is 15.3 Å². The SMILES string of the molecule is Cc1ccc(NC(=O)N2C3CCCC2(CO)C3)cc1C1=NCc2cccn2N1. The van der Waals surface area contributed by atoms with Crippen molar-refractivity contribution in [2.45, 2.75) is 50.7 Å². The van der Waals surface area contributed by atoms with Crippen LogP contribution in [0.4, 0.5) is 10.5 Å². The summed E-state index contributed by atoms with van der Waals surface area (Å²) >= 11 is 0. The molecule has 2 aromatic rings. The van der Waals surface area contributed by atoms with Crippen LogP contribution in [-0.4, -0.2) is 44.7 Å². The minimum atomic E-state index is -0.361. The number of aliphatic imine (C=N–C) groups is 1. The summed E-state index contributed by atoms with van der Waals surface area (Å²) in [5.41, 5.74) is 6.87. The Balaban J connectivity index is 1.36. The molecule has 28 heavy (non-hydrogen) atoms. The zero-order valence-corrected chi connectivity index (χ0v) is 16.0. The van der Waals surface area contributed by atoms with Crippen LogP contribution in [0.2, 0.25) is 0 Å². The first kappa shape index (κ1) is 17.3. The first-order chi connectivity index (χ1) is 13.6. The Morgan fingerprint density at radius 1 is 1.43 bits per heavy atom. The molecule has 3 aliphatic rings. The summed E-state index contributed by atoms with van der Waals surface area (Å²) < 4.78 is 1.97. The normalized spacial score (nSPS) is 25.3. The third kappa shape index (κ3) is 2.61. The van der Waals surface area contributed by atoms with E-state index in [4.69, 9.17) is 0 Å². The van der Waals surface area contributed by atoms with E-state index in [1.54, 1.807) is 0 Å². The smallest absolute Gasteiger partial charge is 0.322 e. The molecule has 1 aromatic carbocycles. The topological polar surface area (TPSA) is 81.9 Å². The quantitative estimate of drug-likeness (QED) is 0.767. The van der Waals surface area contributed by atoms with Crippen LogP contribution < -0.4 is 10.7 Å². The molecule has 7 heteroatoms. The van der Waals surface area contributed by atoms with Crippen molar-refractivity contribution < 1.29 is 9.90 Å². The van der Waals surface area contributed by atoms with Gasteiger partial charge in [0.2, 0.25) is 0 Å². The lowest BCUT2D eigenvalue weighted by molar-refractivity contribution is -0.0980. The minimum absolute atomic E-state index is 0.0377. The van der Waals surface area contributed by atoms with Crippen LogP contribution in [0.25, 0.3) is 0 Å². The van der Waals surface area contributed by atoms with E-state index < -0.39 is 0 Å². The number of aliphatic hydroxyl groups excluding tert-OH is 1. The third-order valence-electron chi connectivity index (χ3n) is 6.39. The lowest BCUT2D eigenvalue weighted by Crippen LogP contribution is -2.72. The maximum absolute atomic E-state index is 12.9. The van der Waals surface area contributed by atoms with E-state index >= 15 is 0 Å². The number of urea groups is 1. The predicted octanol–water partition coefficient (Wildman–Crippen LogP) is 2.82. The van der Waals surface area contributed by atoms with Crippen LogP contribution >= 0.6 is 0 Å². The number of hydrogen-bond donors (Lipinski definition) is 3. The van der Waals surface area contributed by atoms with E-state index in [9.17, 15) is 9.90 Å². The Labute approximate surface area is 164 Å². The summed E-state index contributed by atoms with van der Waals surface area (Å²) in [4.78, 5) is 19.4. The van der Waals surface area contributed by atoms with Gasteiger partial charge in [-0.1, -0.05) is 6.07 Å². The standard InChI is InChI=1S/C21H25N5O2/c1-14-6-7-15(10-18(14)19-22-12-17-5-3-9-25(17)24-19)23-20(28)26-16-4-2-8-21(26,11-16)13-27/h3,5-7,9-10,16,27H,2,4,8,11-13H2,1H3,(H,22,24)(H,23,28). The Morgan fingerprint density at radius 3 is 3.14 bits per heavy atom. The largest absolute Gasteiger partial charge is 0.394 e. The molecular weight excluding hydrogens is 354 g/mol. The van der Waals surface area contributed by atoms with E-state index in [0.717, 1.165) is 54.0 Å². The Bertz CT molecular complexity index is 961. The van der Waals surface area contributed by atoms with E-state index in [2.05, 4.69) is 15.7 Å². The molecule has 0 spiro atoms. The van der Waals surface area contributed by atoms with E-state index in [1.807, 2.05) is 53.0 Å². The highest BCUT2D eigenvalue weighted by Gasteiger charge is 2.56. The van der Waals surface area contributed by atoms with Gasteiger partial charge in [-0.3, -0.25) is 15.1 Å². The number of aromatic nitrogens is 1. The van der Waals surface area contributed by atoms with Gasteiger partial charge in [0, 0.05) is 23.5 Å². The van der Waals surface area contributed by atoms with Crippen molar-refractivity contribution in [3.8, 4) is 0 Å². The van der Waals surface area contributed by atoms with Gasteiger partial charge in [0.05, 0.1) is 24.4 Å². The number of amidine groups is 1. The van der Waals surface area contributed by atoms with Crippen molar-refractivity contribution in [3.05, 3.63) is 53.3 Å². The van der Waals surface area contributed by atoms with Crippen LogP contribution in [0.15, 0.2) is 41.5 Å². The van der Waals surface area contributed by atoms with E-state index in [1.165, 1.54) is 0 Å². The number of aliphatic hydroxyl groups is 1. The number of anilines is 1. The number of carbonyl (C=O) groups excluding carboxylic acids is 1. The fourth-order valence-corrected chi connectivity index (χ4v) is 4.87. The molecule has 0 saturated carbocycles. The summed E-state index contributed by atoms with van der Waals surface area (Å²) in [5, 5.41) is 12.9. The number of amides is 2. The van der Waals surface area contributed by atoms with Crippen molar-refractivity contribution >= 4 is 17.6 Å². The molecule has 4 heterocycles. The maximum atomic E-state index is 12.9. The molecule has 0 aliphatic carbocycles. The average Bonchev–Trinajstić information content (AvgIpc) is 3.17. The summed E-state index contributed by atoms with van der Waals surface area (Å²) in [7, 11) is 0. The molecule has 2 fully saturated rings. The highest BCUT2D eigenvalue weighted by molar-refractivity contribution is 6.07. The fraction of sp³-hybridized carbons (Fsp3) is 0.429. The second-order valence-corrected chi connectivity index (χ2v) is 8.11. The second kappa shape index (κ2) is 6.38. The molecule has 2 saturated heterocycles. The van der Waals surface area contributed by atoms with Crippen molar-refractivity contribution in [3.63, 3.8) is 0 Å². The molecule has 0 radical (unpaired) electrons. The van der Waals surface area contributed by atoms with E-state index in [0.29, 0.717) is 6.54 Å². The summed E-state index contributed by atoms with van der Waals surface area (Å²) in [6, 6.07) is 10.0. The number of fused-ring (bicyclic) bond motifs is 3. The van der Waals surface area contributed by atoms with Gasteiger partial charge in [-0.05, 0) is 62.4 Å². The zero-order chi connectivity index (χ0) is 19.3. The second-order valence-electron chi connectivity index (χ2n) is 8.11. The number of aryl methyl sites for hydroxylation is 1. The zero-order valence-electron chi connectivity index (χ0n) is 16.0. The number of benzene rings is 1. The van der Waals surface area contributed by atoms with Crippen molar-refractivity contribution in [1.29, 1.82) is 0 Å². The van der Waals surface area contributed by atoms with Crippen LogP contribution in [-0.2, 0) is 6.54 Å². The van der Waals surface area contributed by atoms with Gasteiger partial charge in [0.25, 0.3) is 0 Å². The Hall–Kier alpha value is -2.80. The van der Waals surface area contributed by atoms with Crippen LogP contribution in [0, 0.1) is 6.92 Å². The number of hydrogen-bond acceptors (Lipinski definition) is 4. The number of rotatable bonds is 3.